The van der Waals surface area contributed by atoms with E-state index in [9.17, 15) is 4.79 Å². The standard InChI is InChI=1S/C16H16N4O2S/c1-9(2)20(3)14-13(15-17-6-7-23-15)18-11-5-4-10(16(21)22)8-12(11)19-14/h4-9H,1-3H3,(H,21,22). The smallest absolute Gasteiger partial charge is 0.335 e. The molecule has 0 saturated carbocycles. The summed E-state index contributed by atoms with van der Waals surface area (Å²) in [4.78, 5) is 26.8. The maximum absolute atomic E-state index is 11.2. The van der Waals surface area contributed by atoms with E-state index in [-0.39, 0.29) is 11.6 Å². The van der Waals surface area contributed by atoms with E-state index in [0.717, 1.165) is 5.01 Å². The lowest BCUT2D eigenvalue weighted by Crippen LogP contribution is -2.27. The zero-order valence-corrected chi connectivity index (χ0v) is 13.8. The summed E-state index contributed by atoms with van der Waals surface area (Å²) in [5, 5.41) is 11.8. The van der Waals surface area contributed by atoms with Crippen molar-refractivity contribution in [2.75, 3.05) is 11.9 Å². The van der Waals surface area contributed by atoms with Gasteiger partial charge in [0, 0.05) is 24.7 Å². The van der Waals surface area contributed by atoms with Gasteiger partial charge in [0.25, 0.3) is 0 Å². The number of nitrogens with zero attached hydrogens (tertiary/aromatic N) is 4. The molecule has 0 atom stereocenters. The molecule has 3 aromatic rings. The lowest BCUT2D eigenvalue weighted by atomic mass is 10.2. The van der Waals surface area contributed by atoms with Crippen molar-refractivity contribution < 1.29 is 9.90 Å². The number of hydrogen-bond donors (Lipinski definition) is 1. The van der Waals surface area contributed by atoms with Crippen molar-refractivity contribution in [3.05, 3.63) is 35.3 Å². The Morgan fingerprint density at radius 3 is 2.65 bits per heavy atom. The first-order chi connectivity index (χ1) is 11.0. The Bertz CT molecular complexity index is 862. The fourth-order valence-electron chi connectivity index (χ4n) is 2.15. The molecule has 6 nitrogen and oxygen atoms in total. The third-order valence-electron chi connectivity index (χ3n) is 3.64. The quantitative estimate of drug-likeness (QED) is 0.791. The Morgan fingerprint density at radius 1 is 1.26 bits per heavy atom. The molecule has 7 heteroatoms. The summed E-state index contributed by atoms with van der Waals surface area (Å²) in [5.74, 6) is -0.276. The number of carboxylic acid groups (broad SMARTS) is 1. The molecule has 23 heavy (non-hydrogen) atoms. The van der Waals surface area contributed by atoms with Crippen LogP contribution in [0.2, 0.25) is 0 Å². The molecular formula is C16H16N4O2S. The number of fused-ring (bicyclic) bond motifs is 1. The minimum Gasteiger partial charge on any atom is -0.478 e. The van der Waals surface area contributed by atoms with Gasteiger partial charge < -0.3 is 10.0 Å². The monoisotopic (exact) mass is 328 g/mol. The molecule has 2 aromatic heterocycles. The molecule has 0 aliphatic heterocycles. The van der Waals surface area contributed by atoms with Crippen molar-refractivity contribution in [3.8, 4) is 10.7 Å². The van der Waals surface area contributed by atoms with Gasteiger partial charge in [-0.1, -0.05) is 0 Å². The topological polar surface area (TPSA) is 79.2 Å². The number of carboxylic acids is 1. The Balaban J connectivity index is 2.26. The molecule has 0 radical (unpaired) electrons. The molecule has 118 valence electrons. The summed E-state index contributed by atoms with van der Waals surface area (Å²) >= 11 is 1.50. The first-order valence-electron chi connectivity index (χ1n) is 7.15. The fourth-order valence-corrected chi connectivity index (χ4v) is 2.77. The van der Waals surface area contributed by atoms with E-state index in [1.807, 2.05) is 17.3 Å². The average Bonchev–Trinajstić information content (AvgIpc) is 3.06. The van der Waals surface area contributed by atoms with Gasteiger partial charge in [0.1, 0.15) is 10.7 Å². The number of carbonyl (C=O) groups is 1. The lowest BCUT2D eigenvalue weighted by Gasteiger charge is -2.24. The zero-order chi connectivity index (χ0) is 16.6. The van der Waals surface area contributed by atoms with Crippen LogP contribution in [-0.4, -0.2) is 39.1 Å². The van der Waals surface area contributed by atoms with Crippen LogP contribution in [0.1, 0.15) is 24.2 Å². The minimum atomic E-state index is -0.975. The van der Waals surface area contributed by atoms with Gasteiger partial charge in [-0.05, 0) is 32.0 Å². The van der Waals surface area contributed by atoms with E-state index < -0.39 is 5.97 Å². The van der Waals surface area contributed by atoms with Crippen molar-refractivity contribution in [1.82, 2.24) is 15.0 Å². The predicted octanol–water partition coefficient (Wildman–Crippen LogP) is 3.30. The second kappa shape index (κ2) is 5.92. The molecule has 0 aliphatic carbocycles. The van der Waals surface area contributed by atoms with Gasteiger partial charge in [-0.25, -0.2) is 19.7 Å². The van der Waals surface area contributed by atoms with Crippen molar-refractivity contribution >= 4 is 34.2 Å². The van der Waals surface area contributed by atoms with Gasteiger partial charge in [0.15, 0.2) is 5.82 Å². The Morgan fingerprint density at radius 2 is 2.04 bits per heavy atom. The van der Waals surface area contributed by atoms with Gasteiger partial charge in [-0.2, -0.15) is 0 Å². The van der Waals surface area contributed by atoms with E-state index in [0.29, 0.717) is 22.5 Å². The molecule has 0 saturated heterocycles. The number of benzene rings is 1. The van der Waals surface area contributed by atoms with Gasteiger partial charge in [0.2, 0.25) is 0 Å². The van der Waals surface area contributed by atoms with Crippen LogP contribution in [0.15, 0.2) is 29.8 Å². The van der Waals surface area contributed by atoms with Gasteiger partial charge in [0.05, 0.1) is 16.6 Å². The fraction of sp³-hybridized carbons (Fsp3) is 0.250. The normalized spacial score (nSPS) is 11.1. The summed E-state index contributed by atoms with van der Waals surface area (Å²) < 4.78 is 0. The van der Waals surface area contributed by atoms with Gasteiger partial charge >= 0.3 is 5.97 Å². The van der Waals surface area contributed by atoms with Crippen LogP contribution in [0.25, 0.3) is 21.7 Å². The lowest BCUT2D eigenvalue weighted by molar-refractivity contribution is 0.0697. The van der Waals surface area contributed by atoms with E-state index in [1.165, 1.54) is 17.4 Å². The first kappa shape index (κ1) is 15.4. The van der Waals surface area contributed by atoms with Crippen molar-refractivity contribution in [1.29, 1.82) is 0 Å². The number of aromatic carboxylic acids is 1. The number of thiazole rings is 1. The summed E-state index contributed by atoms with van der Waals surface area (Å²) in [7, 11) is 1.94. The predicted molar refractivity (Wildman–Crippen MR) is 91.1 cm³/mol. The van der Waals surface area contributed by atoms with Crippen LogP contribution in [0.4, 0.5) is 5.82 Å². The Kier molecular flexibility index (Phi) is 3.96. The molecule has 3 rings (SSSR count). The first-order valence-corrected chi connectivity index (χ1v) is 8.03. The largest absolute Gasteiger partial charge is 0.478 e. The van der Waals surface area contributed by atoms with Crippen molar-refractivity contribution in [2.24, 2.45) is 0 Å². The summed E-state index contributed by atoms with van der Waals surface area (Å²) in [6, 6.07) is 5.00. The highest BCUT2D eigenvalue weighted by Crippen LogP contribution is 2.31. The van der Waals surface area contributed by atoms with Crippen LogP contribution in [0.3, 0.4) is 0 Å². The van der Waals surface area contributed by atoms with Crippen LogP contribution in [-0.2, 0) is 0 Å². The van der Waals surface area contributed by atoms with Crippen LogP contribution in [0, 0.1) is 0 Å². The maximum Gasteiger partial charge on any atom is 0.335 e. The highest BCUT2D eigenvalue weighted by molar-refractivity contribution is 7.13. The van der Waals surface area contributed by atoms with Gasteiger partial charge in [-0.15, -0.1) is 11.3 Å². The van der Waals surface area contributed by atoms with E-state index in [4.69, 9.17) is 5.11 Å². The molecule has 0 fully saturated rings. The highest BCUT2D eigenvalue weighted by atomic mass is 32.1. The number of rotatable bonds is 4. The molecule has 0 amide bonds. The maximum atomic E-state index is 11.2. The van der Waals surface area contributed by atoms with E-state index in [2.05, 4.69) is 28.8 Å². The second-order valence-electron chi connectivity index (χ2n) is 5.45. The molecule has 1 N–H and O–H groups in total. The van der Waals surface area contributed by atoms with Crippen LogP contribution in [0.5, 0.6) is 0 Å². The Labute approximate surface area is 137 Å². The Hall–Kier alpha value is -2.54. The molecular weight excluding hydrogens is 312 g/mol. The SMILES string of the molecule is CC(C)N(C)c1nc2cc(C(=O)O)ccc2nc1-c1nccs1. The van der Waals surface area contributed by atoms with E-state index in [1.54, 1.807) is 18.3 Å². The second-order valence-corrected chi connectivity index (χ2v) is 6.34. The number of aromatic nitrogens is 3. The average molecular weight is 328 g/mol. The third kappa shape index (κ3) is 2.87. The molecule has 0 spiro atoms. The molecule has 0 bridgehead atoms. The molecule has 0 unspecified atom stereocenters. The minimum absolute atomic E-state index is 0.201. The molecule has 0 aliphatic rings. The van der Waals surface area contributed by atoms with Gasteiger partial charge in [-0.3, -0.25) is 0 Å². The summed E-state index contributed by atoms with van der Waals surface area (Å²) in [6.07, 6.45) is 1.73. The highest BCUT2D eigenvalue weighted by Gasteiger charge is 2.19. The third-order valence-corrected chi connectivity index (χ3v) is 4.42. The number of anilines is 1. The zero-order valence-electron chi connectivity index (χ0n) is 13.0. The van der Waals surface area contributed by atoms with Crippen molar-refractivity contribution in [2.45, 2.75) is 19.9 Å². The van der Waals surface area contributed by atoms with E-state index >= 15 is 0 Å². The molecule has 1 aromatic carbocycles. The van der Waals surface area contributed by atoms with Crippen LogP contribution >= 0.6 is 11.3 Å². The summed E-state index contributed by atoms with van der Waals surface area (Å²) in [6.45, 7) is 4.12. The summed E-state index contributed by atoms with van der Waals surface area (Å²) in [5.41, 5.74) is 2.13. The van der Waals surface area contributed by atoms with Crippen molar-refractivity contribution in [3.63, 3.8) is 0 Å². The van der Waals surface area contributed by atoms with Crippen LogP contribution < -0.4 is 4.90 Å². The molecule has 2 heterocycles. The number of hydrogen-bond acceptors (Lipinski definition) is 6.